The highest BCUT2D eigenvalue weighted by Crippen LogP contribution is 2.54. The number of rotatable bonds is 11. The third kappa shape index (κ3) is 7.23. The van der Waals surface area contributed by atoms with E-state index in [0.717, 1.165) is 0 Å². The lowest BCUT2D eigenvalue weighted by molar-refractivity contribution is -0.257. The van der Waals surface area contributed by atoms with Crippen LogP contribution in [-0.4, -0.2) is 144 Å². The van der Waals surface area contributed by atoms with Crippen LogP contribution in [0.25, 0.3) is 0 Å². The summed E-state index contributed by atoms with van der Waals surface area (Å²) in [6.45, 7) is 1.10. The van der Waals surface area contributed by atoms with Gasteiger partial charge in [-0.05, 0) is 44.6 Å². The van der Waals surface area contributed by atoms with Gasteiger partial charge in [0.15, 0.2) is 36.3 Å². The molecule has 0 spiro atoms. The molecular formula is C44H50N2O17S. The number of phenolic OH excluding ortho intramolecular Hbond substituents is 2. The van der Waals surface area contributed by atoms with Gasteiger partial charge in [-0.25, -0.2) is 0 Å². The molecular weight excluding hydrogens is 861 g/mol. The fourth-order valence-corrected chi connectivity index (χ4v) is 11.8. The van der Waals surface area contributed by atoms with Gasteiger partial charge in [-0.15, -0.1) is 0 Å². The Hall–Kier alpha value is -4.77. The van der Waals surface area contributed by atoms with Crippen LogP contribution in [0.15, 0.2) is 29.2 Å². The summed E-state index contributed by atoms with van der Waals surface area (Å²) >= 11 is 1.24. The molecule has 0 bridgehead atoms. The number of aromatic nitrogens is 1. The number of carbonyl (C=O) groups is 4. The minimum absolute atomic E-state index is 0.0595. The number of aliphatic hydroxyl groups is 2. The van der Waals surface area contributed by atoms with Gasteiger partial charge in [0.05, 0.1) is 58.8 Å². The number of methoxy groups -OCH3 is 2. The summed E-state index contributed by atoms with van der Waals surface area (Å²) in [4.78, 5) is 55.2. The molecule has 20 heteroatoms. The second-order valence-corrected chi connectivity index (χ2v) is 18.6. The van der Waals surface area contributed by atoms with Crippen molar-refractivity contribution in [3.05, 3.63) is 57.6 Å². The van der Waals surface area contributed by atoms with E-state index in [9.17, 15) is 54.9 Å². The molecule has 1 saturated carbocycles. The fraction of sp³-hybridized carbons (Fsp3) is 0.545. The first kappa shape index (κ1) is 44.4. The van der Waals surface area contributed by atoms with Gasteiger partial charge >= 0.3 is 5.97 Å². The number of carboxylic acids is 1. The molecule has 4 fully saturated rings. The Morgan fingerprint density at radius 3 is 2.41 bits per heavy atom. The predicted octanol–water partition coefficient (Wildman–Crippen LogP) is 2.93. The minimum atomic E-state index is -2.34. The molecule has 7 N–H and O–H groups in total. The van der Waals surface area contributed by atoms with Crippen molar-refractivity contribution in [1.29, 1.82) is 0 Å². The van der Waals surface area contributed by atoms with E-state index in [0.29, 0.717) is 37.1 Å². The number of thioether (sulfide) groups is 1. The number of aromatic hydroxyl groups is 4. The van der Waals surface area contributed by atoms with Crippen molar-refractivity contribution >= 4 is 35.1 Å². The van der Waals surface area contributed by atoms with E-state index in [2.05, 4.69) is 0 Å². The minimum Gasteiger partial charge on any atom is -0.507 e. The molecule has 344 valence electrons. The number of hydrogen-bond acceptors (Lipinski definition) is 18. The van der Waals surface area contributed by atoms with E-state index in [4.69, 9.17) is 28.4 Å². The van der Waals surface area contributed by atoms with Gasteiger partial charge < -0.3 is 64.2 Å². The molecule has 9 atom stereocenters. The Labute approximate surface area is 370 Å². The molecule has 19 nitrogen and oxygen atoms in total. The lowest BCUT2D eigenvalue weighted by Crippen LogP contribution is -2.58. The Balaban J connectivity index is 1.02. The highest BCUT2D eigenvalue weighted by molar-refractivity contribution is 8.00. The van der Waals surface area contributed by atoms with E-state index in [1.54, 1.807) is 6.92 Å². The van der Waals surface area contributed by atoms with E-state index >= 15 is 0 Å². The Morgan fingerprint density at radius 1 is 0.984 bits per heavy atom. The summed E-state index contributed by atoms with van der Waals surface area (Å²) in [6, 6.07) is 5.35. The number of carbonyl (C=O) groups excluding carboxylic acids is 3. The SMILES string of the molecule is COc1cccc2c1C(=O)c1c(O)c3c(c(O)c1C2=O)C[C@@](O)(C(=O)CO)C[C@@H]3O[C@H]1C[C@H]2[C@H](O[C@@H]3[C@@H](OC)OCC(Sc4cc(O)n(CC5CCC(C(=O)O)CC5)c4O)N32)[C@H](C)O1. The first-order valence-corrected chi connectivity index (χ1v) is 22.1. The van der Waals surface area contributed by atoms with E-state index < -0.39 is 125 Å². The number of nitrogens with zero attached hydrogens (tertiary/aromatic N) is 2. The summed E-state index contributed by atoms with van der Waals surface area (Å²) in [7, 11) is 2.80. The topological polar surface area (TPSA) is 273 Å². The highest BCUT2D eigenvalue weighted by atomic mass is 32.2. The predicted molar refractivity (Wildman–Crippen MR) is 219 cm³/mol. The largest absolute Gasteiger partial charge is 0.507 e. The maximum absolute atomic E-state index is 14.2. The van der Waals surface area contributed by atoms with Crippen molar-refractivity contribution in [1.82, 2.24) is 9.47 Å². The van der Waals surface area contributed by atoms with Crippen LogP contribution in [0.5, 0.6) is 29.0 Å². The Kier molecular flexibility index (Phi) is 11.7. The molecule has 3 aliphatic heterocycles. The second-order valence-electron chi connectivity index (χ2n) is 17.4. The zero-order chi connectivity index (χ0) is 45.5. The molecule has 6 aliphatic rings. The van der Waals surface area contributed by atoms with Gasteiger partial charge in [-0.2, -0.15) is 0 Å². The molecule has 64 heavy (non-hydrogen) atoms. The molecule has 1 aromatic heterocycles. The maximum atomic E-state index is 14.2. The summed E-state index contributed by atoms with van der Waals surface area (Å²) < 4.78 is 38.0. The van der Waals surface area contributed by atoms with E-state index in [-0.39, 0.29) is 58.7 Å². The van der Waals surface area contributed by atoms with Crippen LogP contribution in [0.4, 0.5) is 0 Å². The molecule has 3 aliphatic carbocycles. The van der Waals surface area contributed by atoms with Crippen LogP contribution in [-0.2, 0) is 46.2 Å². The average molecular weight is 911 g/mol. The lowest BCUT2D eigenvalue weighted by Gasteiger charge is -2.45. The molecule has 1 unspecified atom stereocenters. The number of aliphatic carboxylic acids is 1. The third-order valence-electron chi connectivity index (χ3n) is 13.8. The van der Waals surface area contributed by atoms with Crippen LogP contribution in [0, 0.1) is 11.8 Å². The van der Waals surface area contributed by atoms with Crippen molar-refractivity contribution in [2.75, 3.05) is 27.4 Å². The number of morpholine rings is 1. The van der Waals surface area contributed by atoms with Gasteiger partial charge in [-0.3, -0.25) is 28.6 Å². The van der Waals surface area contributed by atoms with Crippen molar-refractivity contribution in [3.8, 4) is 29.0 Å². The first-order chi connectivity index (χ1) is 30.6. The molecule has 2 aromatic carbocycles. The molecule has 3 saturated heterocycles. The van der Waals surface area contributed by atoms with Gasteiger partial charge in [0.2, 0.25) is 11.7 Å². The smallest absolute Gasteiger partial charge is 0.306 e. The quantitative estimate of drug-likeness (QED) is 0.107. The van der Waals surface area contributed by atoms with E-state index in [1.807, 2.05) is 4.90 Å². The van der Waals surface area contributed by atoms with Crippen LogP contribution >= 0.6 is 11.8 Å². The number of benzene rings is 2. The summed E-state index contributed by atoms with van der Waals surface area (Å²) in [5.41, 5.74) is -3.90. The number of ether oxygens (including phenoxy) is 6. The number of ketones is 3. The summed E-state index contributed by atoms with van der Waals surface area (Å²) in [5.74, 6) is -5.41. The normalized spacial score (nSPS) is 32.3. The monoisotopic (exact) mass is 910 g/mol. The first-order valence-electron chi connectivity index (χ1n) is 21.2. The molecule has 4 heterocycles. The van der Waals surface area contributed by atoms with Gasteiger partial charge in [0.1, 0.15) is 35.6 Å². The molecule has 0 radical (unpaired) electrons. The zero-order valence-electron chi connectivity index (χ0n) is 35.2. The van der Waals surface area contributed by atoms with Gasteiger partial charge in [0.25, 0.3) is 0 Å². The van der Waals surface area contributed by atoms with Crippen LogP contribution in [0.2, 0.25) is 0 Å². The number of fused-ring (bicyclic) bond motifs is 6. The van der Waals surface area contributed by atoms with Crippen LogP contribution in [0.1, 0.15) is 94.5 Å². The standard InChI is InChI=1S/C44H50N2O17S/c1-18-39-23(46-29(17-60-43(59-3)41(46)63-39)64-26-12-28(49)45(40(26)54)15-19-7-9-20(10-8-19)42(55)56)11-30(61-18)62-25-14-44(57,27(48)16-47)13-22-32(25)38(53)34-33(36(22)51)35(50)21-5-4-6-24(58-2)31(21)37(34)52/h4-6,12,18-20,23,25,29-30,39,41,43,47,49,51,53-54,57H,7-11,13-17H2,1-3H3,(H,55,56)/t18-,19?,20?,23-,25-,29?,30-,39+,41+,43-,44-/m0/s1. The zero-order valence-corrected chi connectivity index (χ0v) is 36.0. The Bertz CT molecular complexity index is 2400. The molecule has 9 rings (SSSR count). The number of phenols is 2. The fourth-order valence-electron chi connectivity index (χ4n) is 10.6. The van der Waals surface area contributed by atoms with Crippen LogP contribution < -0.4 is 4.74 Å². The highest BCUT2D eigenvalue weighted by Gasteiger charge is 2.58. The van der Waals surface area contributed by atoms with Crippen molar-refractivity contribution in [2.45, 2.75) is 117 Å². The van der Waals surface area contributed by atoms with Crippen molar-refractivity contribution < 1.29 is 83.3 Å². The average Bonchev–Trinajstić information content (AvgIpc) is 3.79. The molecule has 0 amide bonds. The van der Waals surface area contributed by atoms with Gasteiger partial charge in [-0.1, -0.05) is 23.9 Å². The number of hydrogen-bond donors (Lipinski definition) is 7. The van der Waals surface area contributed by atoms with E-state index in [1.165, 1.54) is 54.8 Å². The summed E-state index contributed by atoms with van der Waals surface area (Å²) in [6.07, 6.45) is -4.16. The van der Waals surface area contributed by atoms with Gasteiger partial charge in [0, 0.05) is 61.7 Å². The van der Waals surface area contributed by atoms with Crippen LogP contribution in [0.3, 0.4) is 0 Å². The van der Waals surface area contributed by atoms with Crippen molar-refractivity contribution in [3.63, 3.8) is 0 Å². The maximum Gasteiger partial charge on any atom is 0.306 e. The molecule has 3 aromatic rings. The summed E-state index contributed by atoms with van der Waals surface area (Å²) in [5, 5.41) is 76.9. The Morgan fingerprint density at radius 2 is 1.72 bits per heavy atom. The lowest BCUT2D eigenvalue weighted by atomic mass is 9.72. The third-order valence-corrected chi connectivity index (χ3v) is 15.0. The number of carboxylic acid groups (broad SMARTS) is 1. The number of aliphatic hydroxyl groups excluding tert-OH is 1. The number of Topliss-reactive ketones (excluding diaryl/α,β-unsaturated/α-hetero) is 1. The second kappa shape index (κ2) is 16.9. The van der Waals surface area contributed by atoms with Crippen molar-refractivity contribution in [2.24, 2.45) is 11.8 Å².